The first-order valence-electron chi connectivity index (χ1n) is 4.41. The molecule has 1 amide bonds. The van der Waals surface area contributed by atoms with Gasteiger partial charge >= 0.3 is 0 Å². The largest absolute Gasteiger partial charge is 0.342 e. The predicted molar refractivity (Wildman–Crippen MR) is 45.2 cm³/mol. The van der Waals surface area contributed by atoms with Gasteiger partial charge in [-0.05, 0) is 26.7 Å². The fourth-order valence-corrected chi connectivity index (χ4v) is 1.31. The average molecular weight is 166 g/mol. The van der Waals surface area contributed by atoms with Gasteiger partial charge in [-0.1, -0.05) is 0 Å². The van der Waals surface area contributed by atoms with Crippen molar-refractivity contribution in [2.24, 2.45) is 5.41 Å². The van der Waals surface area contributed by atoms with E-state index < -0.39 is 5.41 Å². The Labute approximate surface area is 73.0 Å². The van der Waals surface area contributed by atoms with Crippen LogP contribution in [-0.4, -0.2) is 23.9 Å². The third-order valence-corrected chi connectivity index (χ3v) is 2.42. The zero-order chi connectivity index (χ0) is 9.19. The second-order valence-corrected chi connectivity index (χ2v) is 3.17. The van der Waals surface area contributed by atoms with Crippen molar-refractivity contribution in [3.8, 4) is 6.07 Å². The summed E-state index contributed by atoms with van der Waals surface area (Å²) in [7, 11) is 0. The zero-order valence-electron chi connectivity index (χ0n) is 7.63. The molecule has 0 atom stereocenters. The van der Waals surface area contributed by atoms with Crippen molar-refractivity contribution in [1.82, 2.24) is 4.90 Å². The number of nitrogens with zero attached hydrogens (tertiary/aromatic N) is 2. The molecule has 0 spiro atoms. The van der Waals surface area contributed by atoms with Crippen molar-refractivity contribution in [1.29, 1.82) is 5.26 Å². The Kier molecular flexibility index (Phi) is 2.37. The monoisotopic (exact) mass is 166 g/mol. The van der Waals surface area contributed by atoms with Crippen molar-refractivity contribution in [2.45, 2.75) is 26.7 Å². The van der Waals surface area contributed by atoms with E-state index in [2.05, 4.69) is 6.07 Å². The highest BCUT2D eigenvalue weighted by molar-refractivity contribution is 5.88. The van der Waals surface area contributed by atoms with E-state index in [4.69, 9.17) is 5.26 Å². The molecule has 0 bridgehead atoms. The standard InChI is InChI=1S/C9H14N2O/c1-3-11(4-2)8(12)9(7-10)5-6-9/h3-6H2,1-2H3. The molecule has 1 saturated carbocycles. The molecule has 0 saturated heterocycles. The molecule has 1 fully saturated rings. The summed E-state index contributed by atoms with van der Waals surface area (Å²) >= 11 is 0. The van der Waals surface area contributed by atoms with E-state index in [0.717, 1.165) is 12.8 Å². The van der Waals surface area contributed by atoms with Crippen LogP contribution in [0.4, 0.5) is 0 Å². The minimum Gasteiger partial charge on any atom is -0.342 e. The number of rotatable bonds is 3. The van der Waals surface area contributed by atoms with Crippen LogP contribution in [0.2, 0.25) is 0 Å². The van der Waals surface area contributed by atoms with Gasteiger partial charge in [-0.3, -0.25) is 4.79 Å². The summed E-state index contributed by atoms with van der Waals surface area (Å²) in [4.78, 5) is 13.4. The van der Waals surface area contributed by atoms with Gasteiger partial charge in [-0.15, -0.1) is 0 Å². The van der Waals surface area contributed by atoms with Crippen LogP contribution in [0, 0.1) is 16.7 Å². The van der Waals surface area contributed by atoms with Gasteiger partial charge in [0, 0.05) is 13.1 Å². The Bertz CT molecular complexity index is 221. The SMILES string of the molecule is CCN(CC)C(=O)C1(C#N)CC1. The van der Waals surface area contributed by atoms with E-state index in [9.17, 15) is 4.79 Å². The first-order valence-corrected chi connectivity index (χ1v) is 4.41. The molecule has 66 valence electrons. The van der Waals surface area contributed by atoms with Gasteiger partial charge in [0.25, 0.3) is 0 Å². The van der Waals surface area contributed by atoms with Gasteiger partial charge < -0.3 is 4.90 Å². The van der Waals surface area contributed by atoms with Crippen LogP contribution in [0.1, 0.15) is 26.7 Å². The predicted octanol–water partition coefficient (Wildman–Crippen LogP) is 1.16. The Morgan fingerprint density at radius 3 is 2.25 bits per heavy atom. The van der Waals surface area contributed by atoms with E-state index in [1.807, 2.05) is 13.8 Å². The molecule has 1 rings (SSSR count). The van der Waals surface area contributed by atoms with Crippen molar-refractivity contribution in [3.05, 3.63) is 0 Å². The number of nitriles is 1. The van der Waals surface area contributed by atoms with Crippen molar-refractivity contribution in [3.63, 3.8) is 0 Å². The number of carbonyl (C=O) groups is 1. The van der Waals surface area contributed by atoms with E-state index >= 15 is 0 Å². The van der Waals surface area contributed by atoms with Crippen LogP contribution in [-0.2, 0) is 4.79 Å². The lowest BCUT2D eigenvalue weighted by atomic mass is 10.1. The number of hydrogen-bond donors (Lipinski definition) is 0. The maximum Gasteiger partial charge on any atom is 0.243 e. The normalized spacial score (nSPS) is 18.1. The molecule has 0 aliphatic heterocycles. The highest BCUT2D eigenvalue weighted by atomic mass is 16.2. The van der Waals surface area contributed by atoms with Gasteiger partial charge in [0.05, 0.1) is 6.07 Å². The molecule has 1 aliphatic carbocycles. The molecule has 0 radical (unpaired) electrons. The van der Waals surface area contributed by atoms with Crippen LogP contribution >= 0.6 is 0 Å². The summed E-state index contributed by atoms with van der Waals surface area (Å²) in [5.41, 5.74) is -0.633. The van der Waals surface area contributed by atoms with Crippen LogP contribution < -0.4 is 0 Å². The molecule has 0 heterocycles. The first kappa shape index (κ1) is 9.05. The summed E-state index contributed by atoms with van der Waals surface area (Å²) < 4.78 is 0. The zero-order valence-corrected chi connectivity index (χ0v) is 7.63. The van der Waals surface area contributed by atoms with Crippen LogP contribution in [0.25, 0.3) is 0 Å². The Balaban J connectivity index is 2.64. The van der Waals surface area contributed by atoms with Gasteiger partial charge in [-0.2, -0.15) is 5.26 Å². The lowest BCUT2D eigenvalue weighted by Gasteiger charge is -2.20. The quantitative estimate of drug-likeness (QED) is 0.631. The maximum atomic E-state index is 11.6. The van der Waals surface area contributed by atoms with Gasteiger partial charge in [0.1, 0.15) is 5.41 Å². The lowest BCUT2D eigenvalue weighted by molar-refractivity contribution is -0.134. The molecule has 3 heteroatoms. The summed E-state index contributed by atoms with van der Waals surface area (Å²) in [6.45, 7) is 5.29. The van der Waals surface area contributed by atoms with Crippen LogP contribution in [0.3, 0.4) is 0 Å². The molecule has 0 N–H and O–H groups in total. The fraction of sp³-hybridized carbons (Fsp3) is 0.778. The number of amides is 1. The van der Waals surface area contributed by atoms with E-state index in [-0.39, 0.29) is 5.91 Å². The molecule has 1 aliphatic rings. The molecule has 3 nitrogen and oxygen atoms in total. The van der Waals surface area contributed by atoms with Crippen molar-refractivity contribution in [2.75, 3.05) is 13.1 Å². The molecular formula is C9H14N2O. The molecule has 12 heavy (non-hydrogen) atoms. The second kappa shape index (κ2) is 3.14. The Morgan fingerprint density at radius 2 is 2.00 bits per heavy atom. The van der Waals surface area contributed by atoms with E-state index in [1.165, 1.54) is 0 Å². The summed E-state index contributed by atoms with van der Waals surface area (Å²) in [6, 6.07) is 2.11. The van der Waals surface area contributed by atoms with E-state index in [1.54, 1.807) is 4.90 Å². The molecule has 0 aromatic carbocycles. The van der Waals surface area contributed by atoms with Crippen LogP contribution in [0.5, 0.6) is 0 Å². The lowest BCUT2D eigenvalue weighted by Crippen LogP contribution is -2.36. The number of hydrogen-bond acceptors (Lipinski definition) is 2. The summed E-state index contributed by atoms with van der Waals surface area (Å²) in [5, 5.41) is 8.77. The highest BCUT2D eigenvalue weighted by Gasteiger charge is 2.52. The Morgan fingerprint density at radius 1 is 1.50 bits per heavy atom. The summed E-state index contributed by atoms with van der Waals surface area (Å²) in [6.07, 6.45) is 1.50. The number of carbonyl (C=O) groups excluding carboxylic acids is 1. The van der Waals surface area contributed by atoms with Crippen molar-refractivity contribution >= 4 is 5.91 Å². The van der Waals surface area contributed by atoms with Crippen molar-refractivity contribution < 1.29 is 4.79 Å². The highest BCUT2D eigenvalue weighted by Crippen LogP contribution is 2.46. The first-order chi connectivity index (χ1) is 5.70. The van der Waals surface area contributed by atoms with Crippen LogP contribution in [0.15, 0.2) is 0 Å². The minimum absolute atomic E-state index is 0.0231. The molecular weight excluding hydrogens is 152 g/mol. The third kappa shape index (κ3) is 1.29. The molecule has 0 aromatic rings. The molecule has 0 unspecified atom stereocenters. The minimum atomic E-state index is -0.633. The van der Waals surface area contributed by atoms with Gasteiger partial charge in [0.2, 0.25) is 5.91 Å². The Hall–Kier alpha value is -1.04. The third-order valence-electron chi connectivity index (χ3n) is 2.42. The average Bonchev–Trinajstić information content (AvgIpc) is 2.86. The fourth-order valence-electron chi connectivity index (χ4n) is 1.31. The maximum absolute atomic E-state index is 11.6. The smallest absolute Gasteiger partial charge is 0.243 e. The molecule has 0 aromatic heterocycles. The van der Waals surface area contributed by atoms with E-state index in [0.29, 0.717) is 13.1 Å². The van der Waals surface area contributed by atoms with Gasteiger partial charge in [-0.25, -0.2) is 0 Å². The second-order valence-electron chi connectivity index (χ2n) is 3.17. The summed E-state index contributed by atoms with van der Waals surface area (Å²) in [5.74, 6) is 0.0231. The topological polar surface area (TPSA) is 44.1 Å². The van der Waals surface area contributed by atoms with Gasteiger partial charge in [0.15, 0.2) is 0 Å².